The number of carbonyl (C=O) groups is 4. The summed E-state index contributed by atoms with van der Waals surface area (Å²) in [7, 11) is 1.49. The molecule has 0 spiro atoms. The quantitative estimate of drug-likeness (QED) is 0.280. The Morgan fingerprint density at radius 2 is 1.61 bits per heavy atom. The Balaban J connectivity index is 1.69. The Morgan fingerprint density at radius 1 is 0.889 bits per heavy atom. The molecule has 0 heterocycles. The topological polar surface area (TPSA) is 142 Å². The van der Waals surface area contributed by atoms with Crippen LogP contribution in [0.15, 0.2) is 65.6 Å². The molecule has 186 valence electrons. The predicted octanol–water partition coefficient (Wildman–Crippen LogP) is 5.12. The number of halogens is 1. The van der Waals surface area contributed by atoms with Gasteiger partial charge in [0.05, 0.1) is 34.1 Å². The molecular formula is C25H21ClN2O7S. The number of rotatable bonds is 9. The third-order valence-corrected chi connectivity index (χ3v) is 6.32. The van der Waals surface area contributed by atoms with Gasteiger partial charge in [-0.15, -0.1) is 11.8 Å². The van der Waals surface area contributed by atoms with E-state index in [0.717, 1.165) is 18.2 Å². The van der Waals surface area contributed by atoms with Crippen molar-refractivity contribution in [3.63, 3.8) is 0 Å². The second kappa shape index (κ2) is 11.6. The number of hydrogen-bond acceptors (Lipinski definition) is 6. The molecule has 0 bridgehead atoms. The summed E-state index contributed by atoms with van der Waals surface area (Å²) in [6.45, 7) is 1.72. The van der Waals surface area contributed by atoms with Crippen LogP contribution in [0.1, 0.15) is 38.0 Å². The Morgan fingerprint density at radius 3 is 2.25 bits per heavy atom. The van der Waals surface area contributed by atoms with Crippen molar-refractivity contribution >= 4 is 58.5 Å². The fourth-order valence-electron chi connectivity index (χ4n) is 3.14. The highest BCUT2D eigenvalue weighted by molar-refractivity contribution is 8.00. The van der Waals surface area contributed by atoms with Gasteiger partial charge in [0, 0.05) is 16.3 Å². The van der Waals surface area contributed by atoms with E-state index in [0.29, 0.717) is 27.0 Å². The molecule has 3 aromatic carbocycles. The molecule has 0 aromatic heterocycles. The third kappa shape index (κ3) is 6.55. The summed E-state index contributed by atoms with van der Waals surface area (Å²) < 4.78 is 5.10. The Kier molecular flexibility index (Phi) is 8.57. The van der Waals surface area contributed by atoms with E-state index in [1.165, 1.54) is 18.9 Å². The van der Waals surface area contributed by atoms with Crippen LogP contribution in [0.3, 0.4) is 0 Å². The van der Waals surface area contributed by atoms with Crippen LogP contribution < -0.4 is 15.4 Å². The van der Waals surface area contributed by atoms with Crippen molar-refractivity contribution in [2.45, 2.75) is 17.1 Å². The number of carbonyl (C=O) groups excluding carboxylic acids is 2. The largest absolute Gasteiger partial charge is 0.495 e. The van der Waals surface area contributed by atoms with Gasteiger partial charge in [-0.2, -0.15) is 0 Å². The minimum absolute atomic E-state index is 0.184. The molecule has 0 aliphatic heterocycles. The number of carboxylic acids is 2. The number of aromatic carboxylic acids is 2. The van der Waals surface area contributed by atoms with Crippen molar-refractivity contribution in [2.24, 2.45) is 0 Å². The number of carboxylic acid groups (broad SMARTS) is 2. The first-order valence-corrected chi connectivity index (χ1v) is 11.7. The average molecular weight is 529 g/mol. The standard InChI is InChI=1S/C25H21ClN2O7S/c1-13(22(29)27-16-7-9-21(35-2)20(26)12-16)36-17-5-3-4-15(11-17)28-23(30)18-8-6-14(24(31)32)10-19(18)25(33)34/h3-13H,1-2H3,(H,27,29)(H,28,30)(H,31,32)(H,33,34). The van der Waals surface area contributed by atoms with E-state index in [1.54, 1.807) is 49.4 Å². The number of anilines is 2. The number of nitrogens with one attached hydrogen (secondary N) is 2. The first-order chi connectivity index (χ1) is 17.1. The Bertz CT molecular complexity index is 1350. The summed E-state index contributed by atoms with van der Waals surface area (Å²) in [6, 6.07) is 14.8. The van der Waals surface area contributed by atoms with Crippen molar-refractivity contribution in [1.29, 1.82) is 0 Å². The van der Waals surface area contributed by atoms with Crippen LogP contribution in [-0.4, -0.2) is 46.3 Å². The first kappa shape index (κ1) is 26.6. The van der Waals surface area contributed by atoms with E-state index in [9.17, 15) is 24.3 Å². The lowest BCUT2D eigenvalue weighted by molar-refractivity contribution is -0.115. The zero-order valence-corrected chi connectivity index (χ0v) is 20.6. The lowest BCUT2D eigenvalue weighted by Gasteiger charge is -2.14. The van der Waals surface area contributed by atoms with Crippen LogP contribution in [0, 0.1) is 0 Å². The zero-order valence-electron chi connectivity index (χ0n) is 19.1. The molecule has 2 amide bonds. The van der Waals surface area contributed by atoms with Crippen molar-refractivity contribution < 1.29 is 34.1 Å². The van der Waals surface area contributed by atoms with Crippen molar-refractivity contribution in [1.82, 2.24) is 0 Å². The van der Waals surface area contributed by atoms with Crippen LogP contribution in [0.5, 0.6) is 5.75 Å². The third-order valence-electron chi connectivity index (χ3n) is 4.93. The molecule has 0 fully saturated rings. The molecule has 11 heteroatoms. The minimum Gasteiger partial charge on any atom is -0.495 e. The van der Waals surface area contributed by atoms with E-state index in [-0.39, 0.29) is 17.0 Å². The van der Waals surface area contributed by atoms with Crippen molar-refractivity contribution in [3.05, 3.63) is 82.4 Å². The Labute approximate surface area is 215 Å². The number of thioether (sulfide) groups is 1. The van der Waals surface area contributed by atoms with E-state index in [4.69, 9.17) is 21.4 Å². The maximum absolute atomic E-state index is 12.7. The molecular weight excluding hydrogens is 508 g/mol. The minimum atomic E-state index is -1.43. The van der Waals surface area contributed by atoms with E-state index in [2.05, 4.69) is 10.6 Å². The molecule has 1 atom stereocenters. The molecule has 1 unspecified atom stereocenters. The van der Waals surface area contributed by atoms with Crippen LogP contribution in [0.2, 0.25) is 5.02 Å². The average Bonchev–Trinajstić information content (AvgIpc) is 2.83. The van der Waals surface area contributed by atoms with Gasteiger partial charge in [0.2, 0.25) is 5.91 Å². The van der Waals surface area contributed by atoms with Crippen LogP contribution in [-0.2, 0) is 4.79 Å². The molecule has 0 radical (unpaired) electrons. The number of ether oxygens (including phenoxy) is 1. The highest BCUT2D eigenvalue weighted by Crippen LogP contribution is 2.29. The Hall–Kier alpha value is -4.02. The normalized spacial score (nSPS) is 11.3. The summed E-state index contributed by atoms with van der Waals surface area (Å²) in [6.07, 6.45) is 0. The lowest BCUT2D eigenvalue weighted by atomic mass is 10.0. The summed E-state index contributed by atoms with van der Waals surface area (Å²) in [5, 5.41) is 23.7. The van der Waals surface area contributed by atoms with Gasteiger partial charge in [0.1, 0.15) is 5.75 Å². The maximum atomic E-state index is 12.7. The number of methoxy groups -OCH3 is 1. The van der Waals surface area contributed by atoms with Crippen molar-refractivity contribution in [2.75, 3.05) is 17.7 Å². The molecule has 3 rings (SSSR count). The van der Waals surface area contributed by atoms with Gasteiger partial charge in [0.25, 0.3) is 5.91 Å². The number of amides is 2. The highest BCUT2D eigenvalue weighted by Gasteiger charge is 2.20. The van der Waals surface area contributed by atoms with E-state index < -0.39 is 28.7 Å². The highest BCUT2D eigenvalue weighted by atomic mass is 35.5. The van der Waals surface area contributed by atoms with Gasteiger partial charge in [-0.3, -0.25) is 9.59 Å². The lowest BCUT2D eigenvalue weighted by Crippen LogP contribution is -2.22. The van der Waals surface area contributed by atoms with Gasteiger partial charge in [-0.05, 0) is 61.5 Å². The molecule has 0 aliphatic carbocycles. The molecule has 9 nitrogen and oxygen atoms in total. The summed E-state index contributed by atoms with van der Waals surface area (Å²) in [5.41, 5.74) is 0.0328. The molecule has 3 aromatic rings. The zero-order chi connectivity index (χ0) is 26.4. The van der Waals surface area contributed by atoms with Gasteiger partial charge in [0.15, 0.2) is 0 Å². The van der Waals surface area contributed by atoms with Crippen LogP contribution in [0.25, 0.3) is 0 Å². The summed E-state index contributed by atoms with van der Waals surface area (Å²) >= 11 is 7.35. The summed E-state index contributed by atoms with van der Waals surface area (Å²) in [5.74, 6) is -3.22. The predicted molar refractivity (Wildman–Crippen MR) is 137 cm³/mol. The van der Waals surface area contributed by atoms with E-state index >= 15 is 0 Å². The molecule has 36 heavy (non-hydrogen) atoms. The number of benzene rings is 3. The molecule has 0 aliphatic rings. The van der Waals surface area contributed by atoms with Crippen molar-refractivity contribution in [3.8, 4) is 5.75 Å². The second-order valence-corrected chi connectivity index (χ2v) is 9.27. The maximum Gasteiger partial charge on any atom is 0.336 e. The van der Waals surface area contributed by atoms with Gasteiger partial charge in [-0.25, -0.2) is 9.59 Å². The van der Waals surface area contributed by atoms with Gasteiger partial charge < -0.3 is 25.6 Å². The smallest absolute Gasteiger partial charge is 0.336 e. The van der Waals surface area contributed by atoms with Crippen LogP contribution >= 0.6 is 23.4 Å². The second-order valence-electron chi connectivity index (χ2n) is 7.45. The molecule has 4 N–H and O–H groups in total. The van der Waals surface area contributed by atoms with Gasteiger partial charge >= 0.3 is 11.9 Å². The fourth-order valence-corrected chi connectivity index (χ4v) is 4.33. The molecule has 0 saturated carbocycles. The van der Waals surface area contributed by atoms with Gasteiger partial charge in [-0.1, -0.05) is 17.7 Å². The van der Waals surface area contributed by atoms with E-state index in [1.807, 2.05) is 0 Å². The number of hydrogen-bond donors (Lipinski definition) is 4. The fraction of sp³-hybridized carbons (Fsp3) is 0.120. The summed E-state index contributed by atoms with van der Waals surface area (Å²) in [4.78, 5) is 48.7. The SMILES string of the molecule is COc1ccc(NC(=O)C(C)Sc2cccc(NC(=O)c3ccc(C(=O)O)cc3C(=O)O)c2)cc1Cl. The van der Waals surface area contributed by atoms with Crippen LogP contribution in [0.4, 0.5) is 11.4 Å². The monoisotopic (exact) mass is 528 g/mol. The molecule has 0 saturated heterocycles. The first-order valence-electron chi connectivity index (χ1n) is 10.4.